The number of piperidine rings is 1. The first-order chi connectivity index (χ1) is 19.7. The van der Waals surface area contributed by atoms with Gasteiger partial charge in [-0.1, -0.05) is 62.7 Å². The molecule has 1 saturated heterocycles. The molecule has 3 rings (SSSR count). The first kappa shape index (κ1) is 32.6. The molecule has 2 aromatic rings. The Kier molecular flexibility index (Phi) is 12.7. The van der Waals surface area contributed by atoms with Crippen LogP contribution in [0.25, 0.3) is 0 Å². The molecule has 226 valence electrons. The summed E-state index contributed by atoms with van der Waals surface area (Å²) >= 11 is 0. The summed E-state index contributed by atoms with van der Waals surface area (Å²) in [6.07, 6.45) is 5.13. The molecular weight excluding hydrogens is 512 g/mol. The summed E-state index contributed by atoms with van der Waals surface area (Å²) in [5, 5.41) is 6.46. The maximum atomic E-state index is 13.8. The number of nitrogens with zero attached hydrogens (tertiary/aromatic N) is 2. The minimum atomic E-state index is -0.709. The molecule has 2 N–H and O–H groups in total. The van der Waals surface area contributed by atoms with Gasteiger partial charge in [0.05, 0.1) is 5.54 Å². The second kappa shape index (κ2) is 15.9. The van der Waals surface area contributed by atoms with Crippen molar-refractivity contribution < 1.29 is 14.3 Å². The van der Waals surface area contributed by atoms with Crippen LogP contribution in [-0.4, -0.2) is 72.0 Å². The lowest BCUT2D eigenvalue weighted by molar-refractivity contribution is -0.137. The van der Waals surface area contributed by atoms with Crippen LogP contribution < -0.4 is 15.4 Å². The fourth-order valence-electron chi connectivity index (χ4n) is 5.72. The van der Waals surface area contributed by atoms with Crippen molar-refractivity contribution in [1.82, 2.24) is 20.4 Å². The average molecular weight is 565 g/mol. The van der Waals surface area contributed by atoms with E-state index in [0.717, 1.165) is 62.2 Å². The topological polar surface area (TPSA) is 73.9 Å². The number of likely N-dealkylation sites (tertiary alicyclic amines) is 1. The summed E-state index contributed by atoms with van der Waals surface area (Å²) in [7, 11) is 1.99. The van der Waals surface area contributed by atoms with Gasteiger partial charge in [0.2, 0.25) is 11.8 Å². The van der Waals surface area contributed by atoms with Crippen molar-refractivity contribution in [3.05, 3.63) is 65.7 Å². The van der Waals surface area contributed by atoms with Gasteiger partial charge in [-0.05, 0) is 89.9 Å². The summed E-state index contributed by atoms with van der Waals surface area (Å²) in [5.74, 6) is 0.557. The number of amides is 2. The quantitative estimate of drug-likeness (QED) is 0.312. The monoisotopic (exact) mass is 564 g/mol. The fourth-order valence-corrected chi connectivity index (χ4v) is 5.72. The lowest BCUT2D eigenvalue weighted by Gasteiger charge is -2.41. The second-order valence-corrected chi connectivity index (χ2v) is 12.0. The summed E-state index contributed by atoms with van der Waals surface area (Å²) in [4.78, 5) is 32.1. The van der Waals surface area contributed by atoms with E-state index in [0.29, 0.717) is 19.4 Å². The van der Waals surface area contributed by atoms with Crippen molar-refractivity contribution in [3.63, 3.8) is 0 Å². The first-order valence-corrected chi connectivity index (χ1v) is 15.5. The summed E-state index contributed by atoms with van der Waals surface area (Å²) in [5.41, 5.74) is 1.38. The van der Waals surface area contributed by atoms with Crippen molar-refractivity contribution in [3.8, 4) is 5.75 Å². The Morgan fingerprint density at radius 2 is 1.76 bits per heavy atom. The predicted octanol–water partition coefficient (Wildman–Crippen LogP) is 5.18. The maximum absolute atomic E-state index is 13.8. The predicted molar refractivity (Wildman–Crippen MR) is 167 cm³/mol. The van der Waals surface area contributed by atoms with Crippen LogP contribution in [0, 0.1) is 0 Å². The Balaban J connectivity index is 1.75. The molecule has 3 unspecified atom stereocenters. The highest BCUT2D eigenvalue weighted by molar-refractivity contribution is 5.92. The number of carbonyl (C=O) groups excluding carboxylic acids is 2. The molecule has 41 heavy (non-hydrogen) atoms. The van der Waals surface area contributed by atoms with Crippen LogP contribution in [0.15, 0.2) is 54.6 Å². The second-order valence-electron chi connectivity index (χ2n) is 12.0. The van der Waals surface area contributed by atoms with Crippen LogP contribution in [0.2, 0.25) is 0 Å². The number of rotatable bonds is 15. The highest BCUT2D eigenvalue weighted by atomic mass is 16.5. The zero-order valence-corrected chi connectivity index (χ0v) is 26.1. The highest BCUT2D eigenvalue weighted by Crippen LogP contribution is 2.24. The third-order valence-electron chi connectivity index (χ3n) is 8.40. The number of hydrogen-bond donors (Lipinski definition) is 2. The zero-order chi connectivity index (χ0) is 29.8. The molecule has 2 amide bonds. The van der Waals surface area contributed by atoms with Crippen molar-refractivity contribution in [1.29, 1.82) is 0 Å². The molecule has 1 heterocycles. The SMILES string of the molecule is CCCN1CCCC(NC(=O)C(Cc2ccc(OCc3ccccc3)cc2)NC(=O)C(C)(CCC)N(C)C(C)C)C1. The van der Waals surface area contributed by atoms with Crippen molar-refractivity contribution >= 4 is 11.8 Å². The van der Waals surface area contributed by atoms with Gasteiger partial charge in [0.1, 0.15) is 18.4 Å². The van der Waals surface area contributed by atoms with E-state index in [9.17, 15) is 9.59 Å². The van der Waals surface area contributed by atoms with E-state index >= 15 is 0 Å². The Bertz CT molecular complexity index is 1070. The largest absolute Gasteiger partial charge is 0.489 e. The molecule has 0 aliphatic carbocycles. The Hall–Kier alpha value is -2.90. The summed E-state index contributed by atoms with van der Waals surface area (Å²) in [6.45, 7) is 13.9. The van der Waals surface area contributed by atoms with Crippen molar-refractivity contribution in [2.24, 2.45) is 0 Å². The zero-order valence-electron chi connectivity index (χ0n) is 26.1. The van der Waals surface area contributed by atoms with E-state index in [1.54, 1.807) is 0 Å². The Morgan fingerprint density at radius 3 is 2.39 bits per heavy atom. The first-order valence-electron chi connectivity index (χ1n) is 15.5. The van der Waals surface area contributed by atoms with Gasteiger partial charge in [0, 0.05) is 25.0 Å². The molecule has 1 aliphatic heterocycles. The van der Waals surface area contributed by atoms with E-state index in [2.05, 4.69) is 48.1 Å². The van der Waals surface area contributed by atoms with Gasteiger partial charge < -0.3 is 20.3 Å². The van der Waals surface area contributed by atoms with Crippen LogP contribution in [0.4, 0.5) is 0 Å². The Labute approximate surface area is 248 Å². The van der Waals surface area contributed by atoms with Crippen molar-refractivity contribution in [2.45, 2.75) is 103 Å². The molecule has 7 nitrogen and oxygen atoms in total. The van der Waals surface area contributed by atoms with Gasteiger partial charge in [0.15, 0.2) is 0 Å². The molecular formula is C34H52N4O3. The summed E-state index contributed by atoms with van der Waals surface area (Å²) < 4.78 is 5.96. The highest BCUT2D eigenvalue weighted by Gasteiger charge is 2.39. The number of ether oxygens (including phenoxy) is 1. The van der Waals surface area contributed by atoms with Crippen LogP contribution in [-0.2, 0) is 22.6 Å². The van der Waals surface area contributed by atoms with Crippen LogP contribution in [0.1, 0.15) is 77.8 Å². The molecule has 0 radical (unpaired) electrons. The molecule has 7 heteroatoms. The third-order valence-corrected chi connectivity index (χ3v) is 8.40. The normalized spacial score (nSPS) is 18.1. The van der Waals surface area contributed by atoms with Gasteiger partial charge >= 0.3 is 0 Å². The number of likely N-dealkylation sites (N-methyl/N-ethyl adjacent to an activating group) is 1. The van der Waals surface area contributed by atoms with Crippen LogP contribution >= 0.6 is 0 Å². The molecule has 0 aromatic heterocycles. The van der Waals surface area contributed by atoms with Crippen LogP contribution in [0.5, 0.6) is 5.75 Å². The van der Waals surface area contributed by atoms with E-state index in [1.807, 2.05) is 68.6 Å². The van der Waals surface area contributed by atoms with Gasteiger partial charge in [-0.3, -0.25) is 14.5 Å². The van der Waals surface area contributed by atoms with Gasteiger partial charge in [-0.15, -0.1) is 0 Å². The van der Waals surface area contributed by atoms with Gasteiger partial charge in [-0.2, -0.15) is 0 Å². The molecule has 3 atom stereocenters. The number of hydrogen-bond acceptors (Lipinski definition) is 5. The van der Waals surface area contributed by atoms with E-state index in [1.165, 1.54) is 0 Å². The average Bonchev–Trinajstić information content (AvgIpc) is 2.96. The number of nitrogens with one attached hydrogen (secondary N) is 2. The third kappa shape index (κ3) is 9.57. The standard InChI is InChI=1S/C34H52N4O3/c1-7-20-34(5,37(6)26(3)4)33(40)36-31(32(39)35-29-15-12-22-38(24-29)21-8-2)23-27-16-18-30(19-17-27)41-25-28-13-10-9-11-14-28/h9-11,13-14,16-19,26,29,31H,7-8,12,15,20-25H2,1-6H3,(H,35,39)(H,36,40). The van der Waals surface area contributed by atoms with E-state index in [-0.39, 0.29) is 23.9 Å². The number of carbonyl (C=O) groups is 2. The Morgan fingerprint density at radius 1 is 1.05 bits per heavy atom. The molecule has 0 bridgehead atoms. The molecule has 1 fully saturated rings. The smallest absolute Gasteiger partial charge is 0.243 e. The van der Waals surface area contributed by atoms with E-state index < -0.39 is 11.6 Å². The minimum absolute atomic E-state index is 0.0938. The summed E-state index contributed by atoms with van der Waals surface area (Å²) in [6, 6.07) is 17.5. The fraction of sp³-hybridized carbons (Fsp3) is 0.588. The molecule has 1 aliphatic rings. The molecule has 0 spiro atoms. The van der Waals surface area contributed by atoms with Gasteiger partial charge in [-0.25, -0.2) is 0 Å². The lowest BCUT2D eigenvalue weighted by Crippen LogP contribution is -2.62. The van der Waals surface area contributed by atoms with Crippen LogP contribution in [0.3, 0.4) is 0 Å². The van der Waals surface area contributed by atoms with Crippen molar-refractivity contribution in [2.75, 3.05) is 26.7 Å². The van der Waals surface area contributed by atoms with E-state index in [4.69, 9.17) is 4.74 Å². The lowest BCUT2D eigenvalue weighted by atomic mass is 9.91. The molecule has 2 aromatic carbocycles. The van der Waals surface area contributed by atoms with Gasteiger partial charge in [0.25, 0.3) is 0 Å². The minimum Gasteiger partial charge on any atom is -0.489 e. The molecule has 0 saturated carbocycles. The maximum Gasteiger partial charge on any atom is 0.243 e. The number of benzene rings is 2.